The molecule has 0 radical (unpaired) electrons. The third-order valence-corrected chi connectivity index (χ3v) is 5.73. The summed E-state index contributed by atoms with van der Waals surface area (Å²) < 4.78 is 7.40. The van der Waals surface area contributed by atoms with E-state index in [1.54, 1.807) is 24.5 Å². The molecule has 0 atom stereocenters. The molecule has 0 aliphatic carbocycles. The van der Waals surface area contributed by atoms with E-state index in [0.717, 1.165) is 39.2 Å². The molecule has 0 fully saturated rings. The largest absolute Gasteiger partial charge is 0.456 e. The first-order valence-electron chi connectivity index (χ1n) is 11.0. The topological polar surface area (TPSA) is 128 Å². The van der Waals surface area contributed by atoms with Gasteiger partial charge in [0.1, 0.15) is 6.61 Å². The summed E-state index contributed by atoms with van der Waals surface area (Å²) in [6.45, 7) is 6.10. The minimum atomic E-state index is 0.153. The summed E-state index contributed by atoms with van der Waals surface area (Å²) in [5, 5.41) is 13.9. The van der Waals surface area contributed by atoms with Crippen LogP contribution in [0.3, 0.4) is 0 Å². The van der Waals surface area contributed by atoms with E-state index in [1.807, 2.05) is 51.1 Å². The van der Waals surface area contributed by atoms with Crippen molar-refractivity contribution in [2.45, 2.75) is 27.4 Å². The smallest absolute Gasteiger partial charge is 0.336 e. The van der Waals surface area contributed by atoms with Crippen LogP contribution in [0.1, 0.15) is 28.1 Å². The minimum Gasteiger partial charge on any atom is -0.456 e. The van der Waals surface area contributed by atoms with Crippen molar-refractivity contribution in [1.82, 2.24) is 29.5 Å². The lowest BCUT2D eigenvalue weighted by atomic mass is 9.97. The van der Waals surface area contributed by atoms with Crippen LogP contribution in [0, 0.1) is 32.1 Å². The van der Waals surface area contributed by atoms with Gasteiger partial charge in [0, 0.05) is 23.7 Å². The fourth-order valence-electron chi connectivity index (χ4n) is 3.91. The summed E-state index contributed by atoms with van der Waals surface area (Å²) in [6.07, 6.45) is 3.49. The Morgan fingerprint density at radius 3 is 2.69 bits per heavy atom. The Morgan fingerprint density at radius 1 is 1.03 bits per heavy atom. The third-order valence-electron chi connectivity index (χ3n) is 5.73. The summed E-state index contributed by atoms with van der Waals surface area (Å²) in [5.74, 6) is 0.153. The van der Waals surface area contributed by atoms with Crippen LogP contribution in [0.5, 0.6) is 6.01 Å². The molecule has 4 aromatic heterocycles. The number of nitrogen functional groups attached to an aromatic ring is 1. The van der Waals surface area contributed by atoms with E-state index in [1.165, 1.54) is 4.52 Å². The monoisotopic (exact) mass is 462 g/mol. The van der Waals surface area contributed by atoms with E-state index in [-0.39, 0.29) is 18.6 Å². The second-order valence-electron chi connectivity index (χ2n) is 8.21. The van der Waals surface area contributed by atoms with Gasteiger partial charge in [-0.15, -0.1) is 5.10 Å². The van der Waals surface area contributed by atoms with Crippen molar-refractivity contribution in [2.75, 3.05) is 5.73 Å². The molecular weight excluding hydrogens is 440 g/mol. The Morgan fingerprint density at radius 2 is 1.89 bits per heavy atom. The lowest BCUT2D eigenvalue weighted by Gasteiger charge is -2.13. The molecule has 35 heavy (non-hydrogen) atoms. The SMILES string of the molecule is Cc1ccc(C)c(COc2nc3c(-c4ccncc4C)c(-c4cccc(C#N)c4)nc(N)n3n2)n1. The standard InChI is InChI=1S/C26H22N8O/c1-15-7-8-17(3)30-21(15)14-35-26-32-24-22(20-9-10-29-13-16(20)2)23(31-25(28)34(24)33-26)19-6-4-5-18(11-19)12-27/h4-11,13H,14H2,1-3H3,(H2,28,31). The van der Waals surface area contributed by atoms with Crippen LogP contribution < -0.4 is 10.5 Å². The number of anilines is 1. The number of rotatable bonds is 5. The summed E-state index contributed by atoms with van der Waals surface area (Å²) in [7, 11) is 0. The highest BCUT2D eigenvalue weighted by Crippen LogP contribution is 2.36. The average Bonchev–Trinajstić information content (AvgIpc) is 3.30. The van der Waals surface area contributed by atoms with E-state index in [9.17, 15) is 5.26 Å². The Kier molecular flexibility index (Phi) is 5.55. The second-order valence-corrected chi connectivity index (χ2v) is 8.21. The van der Waals surface area contributed by atoms with Gasteiger partial charge in [-0.05, 0) is 61.7 Å². The first-order valence-corrected chi connectivity index (χ1v) is 11.0. The quantitative estimate of drug-likeness (QED) is 0.411. The molecule has 4 heterocycles. The number of aromatic nitrogens is 6. The number of aryl methyl sites for hydroxylation is 3. The van der Waals surface area contributed by atoms with E-state index in [0.29, 0.717) is 16.9 Å². The molecule has 2 N–H and O–H groups in total. The normalized spacial score (nSPS) is 10.9. The zero-order valence-corrected chi connectivity index (χ0v) is 19.5. The number of nitrogens with zero attached hydrogens (tertiary/aromatic N) is 7. The van der Waals surface area contributed by atoms with Gasteiger partial charge in [0.2, 0.25) is 5.95 Å². The van der Waals surface area contributed by atoms with Gasteiger partial charge in [0.25, 0.3) is 0 Å². The van der Waals surface area contributed by atoms with Gasteiger partial charge in [0.15, 0.2) is 5.65 Å². The average molecular weight is 463 g/mol. The van der Waals surface area contributed by atoms with Crippen LogP contribution in [0.4, 0.5) is 5.95 Å². The molecule has 0 unspecified atom stereocenters. The van der Waals surface area contributed by atoms with E-state index >= 15 is 0 Å². The highest BCUT2D eigenvalue weighted by Gasteiger charge is 2.22. The third kappa shape index (κ3) is 4.13. The van der Waals surface area contributed by atoms with Gasteiger partial charge in [-0.2, -0.15) is 14.8 Å². The van der Waals surface area contributed by atoms with Crippen molar-refractivity contribution in [3.63, 3.8) is 0 Å². The van der Waals surface area contributed by atoms with Crippen molar-refractivity contribution in [2.24, 2.45) is 0 Å². The van der Waals surface area contributed by atoms with Gasteiger partial charge >= 0.3 is 6.01 Å². The predicted octanol–water partition coefficient (Wildman–Crippen LogP) is 4.21. The molecule has 5 aromatic rings. The van der Waals surface area contributed by atoms with Crippen molar-refractivity contribution < 1.29 is 4.74 Å². The van der Waals surface area contributed by atoms with Crippen molar-refractivity contribution in [3.05, 3.63) is 82.9 Å². The molecule has 172 valence electrons. The molecule has 0 aliphatic rings. The Balaban J connectivity index is 1.68. The van der Waals surface area contributed by atoms with Crippen LogP contribution >= 0.6 is 0 Å². The summed E-state index contributed by atoms with van der Waals surface area (Å²) in [4.78, 5) is 18.1. The van der Waals surface area contributed by atoms with Crippen molar-refractivity contribution in [1.29, 1.82) is 5.26 Å². The predicted molar refractivity (Wildman–Crippen MR) is 131 cm³/mol. The fraction of sp³-hybridized carbons (Fsp3) is 0.154. The zero-order chi connectivity index (χ0) is 24.5. The van der Waals surface area contributed by atoms with Crippen LogP contribution in [-0.4, -0.2) is 29.5 Å². The Bertz CT molecular complexity index is 1620. The molecule has 0 saturated carbocycles. The highest BCUT2D eigenvalue weighted by atomic mass is 16.5. The molecule has 0 spiro atoms. The molecular formula is C26H22N8O. The number of hydrogen-bond acceptors (Lipinski definition) is 8. The van der Waals surface area contributed by atoms with Crippen LogP contribution in [0.15, 0.2) is 54.9 Å². The maximum absolute atomic E-state index is 9.41. The molecule has 0 aliphatic heterocycles. The first-order chi connectivity index (χ1) is 16.9. The molecule has 1 aromatic carbocycles. The van der Waals surface area contributed by atoms with Crippen LogP contribution in [-0.2, 0) is 6.61 Å². The Hall–Kier alpha value is -4.84. The van der Waals surface area contributed by atoms with Gasteiger partial charge in [-0.1, -0.05) is 18.2 Å². The van der Waals surface area contributed by atoms with Crippen LogP contribution in [0.2, 0.25) is 0 Å². The van der Waals surface area contributed by atoms with Crippen molar-refractivity contribution in [3.8, 4) is 34.5 Å². The summed E-state index contributed by atoms with van der Waals surface area (Å²) in [6, 6.07) is 15.4. The van der Waals surface area contributed by atoms with E-state index in [4.69, 9.17) is 10.5 Å². The molecule has 0 amide bonds. The minimum absolute atomic E-state index is 0.153. The Labute approximate surface area is 201 Å². The molecule has 5 rings (SSSR count). The molecule has 0 saturated heterocycles. The lowest BCUT2D eigenvalue weighted by Crippen LogP contribution is -2.06. The number of benzene rings is 1. The van der Waals surface area contributed by atoms with Gasteiger partial charge in [-0.25, -0.2) is 4.98 Å². The zero-order valence-electron chi connectivity index (χ0n) is 19.5. The van der Waals surface area contributed by atoms with Crippen LogP contribution in [0.25, 0.3) is 28.0 Å². The highest BCUT2D eigenvalue weighted by molar-refractivity contribution is 5.92. The molecule has 9 nitrogen and oxygen atoms in total. The van der Waals surface area contributed by atoms with E-state index < -0.39 is 0 Å². The number of nitriles is 1. The van der Waals surface area contributed by atoms with Gasteiger partial charge < -0.3 is 10.5 Å². The number of hydrogen-bond donors (Lipinski definition) is 1. The van der Waals surface area contributed by atoms with E-state index in [2.05, 4.69) is 31.1 Å². The summed E-state index contributed by atoms with van der Waals surface area (Å²) in [5.41, 5.74) is 14.0. The number of nitrogens with two attached hydrogens (primary N) is 1. The maximum Gasteiger partial charge on any atom is 0.336 e. The number of pyridine rings is 2. The lowest BCUT2D eigenvalue weighted by molar-refractivity contribution is 0.276. The fourth-order valence-corrected chi connectivity index (χ4v) is 3.91. The molecule has 0 bridgehead atoms. The second kappa shape index (κ2) is 8.83. The van der Waals surface area contributed by atoms with Crippen molar-refractivity contribution >= 4 is 11.6 Å². The first kappa shape index (κ1) is 22.0. The summed E-state index contributed by atoms with van der Waals surface area (Å²) >= 11 is 0. The number of ether oxygens (including phenoxy) is 1. The molecule has 9 heteroatoms. The number of fused-ring (bicyclic) bond motifs is 1. The van der Waals surface area contributed by atoms with Gasteiger partial charge in [0.05, 0.1) is 28.6 Å². The maximum atomic E-state index is 9.41. The van der Waals surface area contributed by atoms with Gasteiger partial charge in [-0.3, -0.25) is 9.97 Å².